The molecule has 0 fully saturated rings. The highest BCUT2D eigenvalue weighted by Gasteiger charge is 2.20. The number of anilines is 1. The fraction of sp³-hybridized carbons (Fsp3) is 0.389. The first-order chi connectivity index (χ1) is 13.3. The van der Waals surface area contributed by atoms with Crippen LogP contribution in [0.3, 0.4) is 0 Å². The molecule has 0 saturated heterocycles. The van der Waals surface area contributed by atoms with Gasteiger partial charge in [-0.3, -0.25) is 13.9 Å². The van der Waals surface area contributed by atoms with Gasteiger partial charge < -0.3 is 15.0 Å². The van der Waals surface area contributed by atoms with Crippen LogP contribution in [-0.2, 0) is 20.6 Å². The number of hydrogen-bond donors (Lipinski definition) is 2. The summed E-state index contributed by atoms with van der Waals surface area (Å²) >= 11 is 12.1. The van der Waals surface area contributed by atoms with Gasteiger partial charge in [-0.15, -0.1) is 0 Å². The summed E-state index contributed by atoms with van der Waals surface area (Å²) in [5, 5.41) is 13.4. The van der Waals surface area contributed by atoms with Crippen molar-refractivity contribution in [1.29, 1.82) is 0 Å². The highest BCUT2D eigenvalue weighted by atomic mass is 35.5. The minimum Gasteiger partial charge on any atom is -0.394 e. The van der Waals surface area contributed by atoms with Gasteiger partial charge in [-0.1, -0.05) is 36.2 Å². The monoisotopic (exact) mass is 425 g/mol. The summed E-state index contributed by atoms with van der Waals surface area (Å²) in [5.74, 6) is 0.408. The third-order valence-corrected chi connectivity index (χ3v) is 5.34. The topological polar surface area (TPSA) is 94.1 Å². The predicted molar refractivity (Wildman–Crippen MR) is 111 cm³/mol. The fourth-order valence-corrected chi connectivity index (χ4v) is 3.46. The molecule has 28 heavy (non-hydrogen) atoms. The Hall–Kier alpha value is -2.29. The van der Waals surface area contributed by atoms with Gasteiger partial charge in [0.1, 0.15) is 0 Å². The van der Waals surface area contributed by atoms with Gasteiger partial charge in [-0.05, 0) is 24.1 Å². The van der Waals surface area contributed by atoms with E-state index in [4.69, 9.17) is 23.2 Å². The molecule has 10 heteroatoms. The molecule has 0 radical (unpaired) electrons. The molecule has 2 N–H and O–H groups in total. The lowest BCUT2D eigenvalue weighted by Gasteiger charge is -2.14. The van der Waals surface area contributed by atoms with E-state index in [1.54, 1.807) is 36.9 Å². The number of benzene rings is 1. The van der Waals surface area contributed by atoms with E-state index in [0.29, 0.717) is 28.0 Å². The average molecular weight is 426 g/mol. The molecule has 150 valence electrons. The number of imidazole rings is 1. The van der Waals surface area contributed by atoms with E-state index in [9.17, 15) is 14.7 Å². The summed E-state index contributed by atoms with van der Waals surface area (Å²) < 4.78 is 4.04. The number of fused-ring (bicyclic) bond motifs is 1. The molecule has 0 spiro atoms. The van der Waals surface area contributed by atoms with Crippen LogP contribution in [0.15, 0.2) is 27.8 Å². The number of halogens is 2. The van der Waals surface area contributed by atoms with Crippen molar-refractivity contribution in [3.63, 3.8) is 0 Å². The van der Waals surface area contributed by atoms with Gasteiger partial charge in [0.15, 0.2) is 11.2 Å². The maximum atomic E-state index is 13.1. The summed E-state index contributed by atoms with van der Waals surface area (Å²) in [6.45, 7) is 1.87. The summed E-state index contributed by atoms with van der Waals surface area (Å²) in [6, 6.07) is 4.70. The summed E-state index contributed by atoms with van der Waals surface area (Å²) in [4.78, 5) is 30.3. The molecule has 0 aliphatic rings. The van der Waals surface area contributed by atoms with Gasteiger partial charge in [-0.25, -0.2) is 4.79 Å². The molecule has 0 unspecified atom stereocenters. The Morgan fingerprint density at radius 2 is 1.93 bits per heavy atom. The van der Waals surface area contributed by atoms with Crippen LogP contribution in [0.5, 0.6) is 0 Å². The number of hydrogen-bond acceptors (Lipinski definition) is 5. The Morgan fingerprint density at radius 3 is 2.54 bits per heavy atom. The van der Waals surface area contributed by atoms with Crippen molar-refractivity contribution >= 4 is 40.3 Å². The number of nitrogens with one attached hydrogen (secondary N) is 1. The van der Waals surface area contributed by atoms with Crippen molar-refractivity contribution in [1.82, 2.24) is 18.7 Å². The van der Waals surface area contributed by atoms with Gasteiger partial charge in [-0.2, -0.15) is 4.98 Å². The standard InChI is InChI=1S/C18H21Cl2N5O3/c1-4-12(9-26)21-17-22-15-14(23(17)2)16(27)25(18(28)24(15)3)8-10-5-6-11(19)7-13(10)20/h5-7,12,26H,4,8-9H2,1-3H3,(H,21,22)/t12-/m0/s1. The maximum absolute atomic E-state index is 13.1. The third kappa shape index (κ3) is 3.55. The Kier molecular flexibility index (Phi) is 5.83. The first-order valence-corrected chi connectivity index (χ1v) is 9.51. The Labute approximate surface area is 170 Å². The first kappa shape index (κ1) is 20.4. The van der Waals surface area contributed by atoms with Crippen molar-refractivity contribution in [2.75, 3.05) is 11.9 Å². The fourth-order valence-electron chi connectivity index (χ4n) is 2.99. The molecule has 0 saturated carbocycles. The van der Waals surface area contributed by atoms with Gasteiger partial charge in [0.05, 0.1) is 19.2 Å². The van der Waals surface area contributed by atoms with Crippen LogP contribution in [0.4, 0.5) is 5.95 Å². The maximum Gasteiger partial charge on any atom is 0.332 e. The molecule has 0 aliphatic heterocycles. The molecule has 3 aromatic rings. The first-order valence-electron chi connectivity index (χ1n) is 8.76. The number of aromatic nitrogens is 4. The molecule has 0 bridgehead atoms. The molecule has 1 atom stereocenters. The molecule has 0 amide bonds. The van der Waals surface area contributed by atoms with Gasteiger partial charge in [0.25, 0.3) is 5.56 Å². The molecule has 2 aromatic heterocycles. The number of nitrogens with zero attached hydrogens (tertiary/aromatic N) is 4. The number of aliphatic hydroxyl groups excluding tert-OH is 1. The van der Waals surface area contributed by atoms with E-state index < -0.39 is 11.2 Å². The van der Waals surface area contributed by atoms with Crippen LogP contribution in [-0.4, -0.2) is 36.4 Å². The second kappa shape index (κ2) is 7.98. The predicted octanol–water partition coefficient (Wildman–Crippen LogP) is 1.97. The van der Waals surface area contributed by atoms with Gasteiger partial charge in [0, 0.05) is 24.1 Å². The van der Waals surface area contributed by atoms with Gasteiger partial charge >= 0.3 is 5.69 Å². The summed E-state index contributed by atoms with van der Waals surface area (Å²) in [6.07, 6.45) is 0.679. The third-order valence-electron chi connectivity index (χ3n) is 4.75. The number of aryl methyl sites for hydroxylation is 2. The smallest absolute Gasteiger partial charge is 0.332 e. The highest BCUT2D eigenvalue weighted by Crippen LogP contribution is 2.21. The number of aliphatic hydroxyl groups is 1. The van der Waals surface area contributed by atoms with Crippen molar-refractivity contribution in [3.05, 3.63) is 54.6 Å². The van der Waals surface area contributed by atoms with Crippen molar-refractivity contribution in [2.45, 2.75) is 25.9 Å². The van der Waals surface area contributed by atoms with Crippen LogP contribution >= 0.6 is 23.2 Å². The molecule has 8 nitrogen and oxygen atoms in total. The van der Waals surface area contributed by atoms with Crippen LogP contribution in [0.1, 0.15) is 18.9 Å². The van der Waals surface area contributed by atoms with E-state index >= 15 is 0 Å². The van der Waals surface area contributed by atoms with E-state index in [1.165, 1.54) is 4.57 Å². The minimum atomic E-state index is -0.498. The molecule has 1 aromatic carbocycles. The second-order valence-corrected chi connectivity index (χ2v) is 7.41. The van der Waals surface area contributed by atoms with E-state index in [0.717, 1.165) is 4.57 Å². The zero-order valence-electron chi connectivity index (χ0n) is 15.7. The Bertz CT molecular complexity index is 1140. The quantitative estimate of drug-likeness (QED) is 0.629. The molecule has 0 aliphatic carbocycles. The van der Waals surface area contributed by atoms with Gasteiger partial charge in [0.2, 0.25) is 5.95 Å². The Morgan fingerprint density at radius 1 is 1.21 bits per heavy atom. The van der Waals surface area contributed by atoms with E-state index in [2.05, 4.69) is 10.3 Å². The largest absolute Gasteiger partial charge is 0.394 e. The molecule has 3 rings (SSSR count). The van der Waals surface area contributed by atoms with Crippen LogP contribution in [0.2, 0.25) is 10.0 Å². The minimum absolute atomic E-state index is 0.0135. The Balaban J connectivity index is 2.16. The summed E-state index contributed by atoms with van der Waals surface area (Å²) in [7, 11) is 3.25. The zero-order chi connectivity index (χ0) is 20.6. The zero-order valence-corrected chi connectivity index (χ0v) is 17.3. The van der Waals surface area contributed by atoms with Crippen molar-refractivity contribution in [2.24, 2.45) is 14.1 Å². The lowest BCUT2D eigenvalue weighted by molar-refractivity contribution is 0.271. The second-order valence-electron chi connectivity index (χ2n) is 6.57. The normalized spacial score (nSPS) is 12.5. The van der Waals surface area contributed by atoms with E-state index in [1.807, 2.05) is 6.92 Å². The molecular formula is C18H21Cl2N5O3. The van der Waals surface area contributed by atoms with Crippen LogP contribution in [0, 0.1) is 0 Å². The number of rotatable bonds is 6. The van der Waals surface area contributed by atoms with Crippen molar-refractivity contribution < 1.29 is 5.11 Å². The van der Waals surface area contributed by atoms with Crippen molar-refractivity contribution in [3.8, 4) is 0 Å². The lowest BCUT2D eigenvalue weighted by atomic mass is 10.2. The highest BCUT2D eigenvalue weighted by molar-refractivity contribution is 6.35. The van der Waals surface area contributed by atoms with Crippen LogP contribution < -0.4 is 16.6 Å². The van der Waals surface area contributed by atoms with E-state index in [-0.39, 0.29) is 30.4 Å². The summed E-state index contributed by atoms with van der Waals surface area (Å²) in [5.41, 5.74) is 0.191. The SMILES string of the molecule is CC[C@@H](CO)Nc1nc2c(c(=O)n(Cc3ccc(Cl)cc3Cl)c(=O)n2C)n1C. The van der Waals surface area contributed by atoms with Crippen LogP contribution in [0.25, 0.3) is 11.2 Å². The molecular weight excluding hydrogens is 405 g/mol. The lowest BCUT2D eigenvalue weighted by Crippen LogP contribution is -2.39. The molecule has 2 heterocycles. The average Bonchev–Trinajstić information content (AvgIpc) is 2.99.